The zero-order valence-corrected chi connectivity index (χ0v) is 21.0. The number of alkyl carbamates (subject to hydrolysis) is 1. The molecule has 1 aliphatic carbocycles. The van der Waals surface area contributed by atoms with Crippen LogP contribution in [0.25, 0.3) is 11.1 Å². The Kier molecular flexibility index (Phi) is 8.54. The molecule has 3 N–H and O–H groups in total. The van der Waals surface area contributed by atoms with Gasteiger partial charge in [0, 0.05) is 18.4 Å². The summed E-state index contributed by atoms with van der Waals surface area (Å²) in [4.78, 5) is 36.3. The highest BCUT2D eigenvalue weighted by atomic mass is 16.5. The second-order valence-electron chi connectivity index (χ2n) is 10.4. The second kappa shape index (κ2) is 11.4. The van der Waals surface area contributed by atoms with E-state index >= 15 is 0 Å². The Morgan fingerprint density at radius 3 is 2.09 bits per heavy atom. The number of fused-ring (bicyclic) bond motifs is 3. The Balaban J connectivity index is 1.44. The lowest BCUT2D eigenvalue weighted by molar-refractivity contribution is -0.142. The first-order valence-corrected chi connectivity index (χ1v) is 12.2. The quantitative estimate of drug-likeness (QED) is 0.446. The molecule has 2 atom stereocenters. The van der Waals surface area contributed by atoms with Crippen LogP contribution < -0.4 is 10.6 Å². The molecule has 0 aromatic heterocycles. The first-order valence-electron chi connectivity index (χ1n) is 12.2. The van der Waals surface area contributed by atoms with Crippen molar-refractivity contribution in [2.24, 2.45) is 11.3 Å². The number of amides is 2. The first-order chi connectivity index (χ1) is 16.6. The number of carbonyl (C=O) groups excluding carboxylic acids is 2. The molecule has 2 aromatic rings. The zero-order chi connectivity index (χ0) is 25.6. The van der Waals surface area contributed by atoms with Crippen molar-refractivity contribution in [3.8, 4) is 11.1 Å². The number of carboxylic acids is 1. The number of rotatable bonds is 10. The van der Waals surface area contributed by atoms with Crippen molar-refractivity contribution in [1.82, 2.24) is 10.6 Å². The van der Waals surface area contributed by atoms with Crippen molar-refractivity contribution < 1.29 is 24.2 Å². The summed E-state index contributed by atoms with van der Waals surface area (Å²) in [7, 11) is 0. The van der Waals surface area contributed by atoms with E-state index in [1.54, 1.807) is 6.92 Å². The number of hydrogen-bond acceptors (Lipinski definition) is 4. The lowest BCUT2D eigenvalue weighted by Crippen LogP contribution is -2.44. The minimum Gasteiger partial charge on any atom is -0.480 e. The minimum atomic E-state index is -1.04. The summed E-state index contributed by atoms with van der Waals surface area (Å²) < 4.78 is 5.51. The first kappa shape index (κ1) is 26.3. The summed E-state index contributed by atoms with van der Waals surface area (Å²) in [6, 6.07) is 15.4. The summed E-state index contributed by atoms with van der Waals surface area (Å²) in [5, 5.41) is 14.8. The zero-order valence-electron chi connectivity index (χ0n) is 21.0. The molecule has 2 unspecified atom stereocenters. The third-order valence-corrected chi connectivity index (χ3v) is 6.44. The van der Waals surface area contributed by atoms with Gasteiger partial charge in [0.25, 0.3) is 0 Å². The summed E-state index contributed by atoms with van der Waals surface area (Å²) in [5.74, 6) is -1.83. The van der Waals surface area contributed by atoms with Crippen LogP contribution in [0.1, 0.15) is 64.0 Å². The van der Waals surface area contributed by atoms with Gasteiger partial charge in [-0.2, -0.15) is 0 Å². The van der Waals surface area contributed by atoms with E-state index in [-0.39, 0.29) is 30.4 Å². The van der Waals surface area contributed by atoms with Crippen LogP contribution in [0.4, 0.5) is 4.79 Å². The van der Waals surface area contributed by atoms with Gasteiger partial charge in [-0.25, -0.2) is 9.59 Å². The maximum Gasteiger partial charge on any atom is 0.407 e. The van der Waals surface area contributed by atoms with E-state index in [4.69, 9.17) is 4.74 Å². The summed E-state index contributed by atoms with van der Waals surface area (Å²) in [5.41, 5.74) is 4.60. The number of benzene rings is 2. The van der Waals surface area contributed by atoms with Gasteiger partial charge in [0.05, 0.1) is 0 Å². The van der Waals surface area contributed by atoms with Crippen molar-refractivity contribution in [1.29, 1.82) is 0 Å². The van der Waals surface area contributed by atoms with Crippen molar-refractivity contribution in [3.63, 3.8) is 0 Å². The highest BCUT2D eigenvalue weighted by molar-refractivity contribution is 5.84. The van der Waals surface area contributed by atoms with Crippen molar-refractivity contribution in [2.45, 2.75) is 58.9 Å². The van der Waals surface area contributed by atoms with Gasteiger partial charge >= 0.3 is 12.1 Å². The summed E-state index contributed by atoms with van der Waals surface area (Å²) >= 11 is 0. The number of aliphatic carboxylic acids is 1. The number of carbonyl (C=O) groups is 3. The molecule has 2 aromatic carbocycles. The van der Waals surface area contributed by atoms with E-state index in [2.05, 4.69) is 34.9 Å². The van der Waals surface area contributed by atoms with Crippen LogP contribution in [0, 0.1) is 11.3 Å². The van der Waals surface area contributed by atoms with Gasteiger partial charge in [-0.1, -0.05) is 76.2 Å². The van der Waals surface area contributed by atoms with E-state index in [1.807, 2.05) is 45.0 Å². The Labute approximate surface area is 207 Å². The van der Waals surface area contributed by atoms with Crippen LogP contribution in [0.15, 0.2) is 48.5 Å². The molecule has 188 valence electrons. The summed E-state index contributed by atoms with van der Waals surface area (Å²) in [6.07, 6.45) is 0.895. The van der Waals surface area contributed by atoms with Crippen LogP contribution in [0.3, 0.4) is 0 Å². The molecule has 0 aliphatic heterocycles. The third kappa shape index (κ3) is 7.07. The maximum absolute atomic E-state index is 12.5. The molecule has 7 heteroatoms. The van der Waals surface area contributed by atoms with Gasteiger partial charge in [0.2, 0.25) is 5.91 Å². The third-order valence-electron chi connectivity index (χ3n) is 6.44. The average Bonchev–Trinajstić information content (AvgIpc) is 3.13. The molecule has 0 spiro atoms. The molecule has 0 saturated heterocycles. The molecule has 7 nitrogen and oxygen atoms in total. The summed E-state index contributed by atoms with van der Waals surface area (Å²) in [6.45, 7) is 8.30. The number of carboxylic acid groups (broad SMARTS) is 1. The molecular weight excluding hydrogens is 444 g/mol. The molecule has 0 saturated carbocycles. The van der Waals surface area contributed by atoms with Crippen LogP contribution >= 0.6 is 0 Å². The van der Waals surface area contributed by atoms with Crippen molar-refractivity contribution in [2.75, 3.05) is 13.2 Å². The Bertz CT molecular complexity index is 1010. The maximum atomic E-state index is 12.5. The van der Waals surface area contributed by atoms with E-state index in [1.165, 1.54) is 11.1 Å². The van der Waals surface area contributed by atoms with E-state index < -0.39 is 24.0 Å². The van der Waals surface area contributed by atoms with Crippen LogP contribution in [-0.4, -0.2) is 42.3 Å². The predicted molar refractivity (Wildman–Crippen MR) is 135 cm³/mol. The molecule has 0 bridgehead atoms. The smallest absolute Gasteiger partial charge is 0.407 e. The fourth-order valence-electron chi connectivity index (χ4n) is 4.32. The van der Waals surface area contributed by atoms with Crippen molar-refractivity contribution in [3.05, 3.63) is 59.7 Å². The fourth-order valence-corrected chi connectivity index (χ4v) is 4.32. The molecule has 1 aliphatic rings. The van der Waals surface area contributed by atoms with Crippen LogP contribution in [-0.2, 0) is 14.3 Å². The monoisotopic (exact) mass is 480 g/mol. The van der Waals surface area contributed by atoms with Gasteiger partial charge in [-0.3, -0.25) is 4.79 Å². The highest BCUT2D eigenvalue weighted by Crippen LogP contribution is 2.44. The SMILES string of the molecule is CC(CCNC(=O)OCC1c2ccccc2-c2ccccc21)C(=O)NC(CCC(C)(C)C)C(=O)O. The molecule has 0 fully saturated rings. The molecule has 2 amide bonds. The van der Waals surface area contributed by atoms with E-state index in [9.17, 15) is 19.5 Å². The lowest BCUT2D eigenvalue weighted by Gasteiger charge is -2.22. The van der Waals surface area contributed by atoms with Gasteiger partial charge in [0.1, 0.15) is 12.6 Å². The highest BCUT2D eigenvalue weighted by Gasteiger charge is 2.29. The Hall–Kier alpha value is -3.35. The lowest BCUT2D eigenvalue weighted by atomic mass is 9.88. The number of nitrogens with one attached hydrogen (secondary N) is 2. The normalized spacial score (nSPS) is 14.4. The number of ether oxygens (including phenoxy) is 1. The average molecular weight is 481 g/mol. The molecule has 3 rings (SSSR count). The van der Waals surface area contributed by atoms with E-state index in [0.29, 0.717) is 19.3 Å². The molecule has 0 radical (unpaired) electrons. The topological polar surface area (TPSA) is 105 Å². The minimum absolute atomic E-state index is 0.0149. The fraction of sp³-hybridized carbons (Fsp3) is 0.464. The van der Waals surface area contributed by atoms with Gasteiger partial charge in [0.15, 0.2) is 0 Å². The molecule has 0 heterocycles. The predicted octanol–water partition coefficient (Wildman–Crippen LogP) is 4.95. The van der Waals surface area contributed by atoms with Crippen LogP contribution in [0.5, 0.6) is 0 Å². The van der Waals surface area contributed by atoms with Crippen molar-refractivity contribution >= 4 is 18.0 Å². The van der Waals surface area contributed by atoms with Gasteiger partial charge in [-0.05, 0) is 46.9 Å². The molecule has 35 heavy (non-hydrogen) atoms. The Morgan fingerprint density at radius 1 is 0.971 bits per heavy atom. The second-order valence-corrected chi connectivity index (χ2v) is 10.4. The van der Waals surface area contributed by atoms with E-state index in [0.717, 1.165) is 11.1 Å². The molecular formula is C28H36N2O5. The van der Waals surface area contributed by atoms with Crippen LogP contribution in [0.2, 0.25) is 0 Å². The number of hydrogen-bond donors (Lipinski definition) is 3. The largest absolute Gasteiger partial charge is 0.480 e. The Morgan fingerprint density at radius 2 is 1.54 bits per heavy atom. The van der Waals surface area contributed by atoms with Gasteiger partial charge in [-0.15, -0.1) is 0 Å². The standard InChI is InChI=1S/C28H36N2O5/c1-18(25(31)30-24(26(32)33)13-15-28(2,3)4)14-16-29-27(34)35-17-23-21-11-7-5-9-19(21)20-10-6-8-12-22(20)23/h5-12,18,23-24H,13-17H2,1-4H3,(H,29,34)(H,30,31)(H,32,33). The van der Waals surface area contributed by atoms with Gasteiger partial charge < -0.3 is 20.5 Å².